The van der Waals surface area contributed by atoms with Crippen LogP contribution in [0.1, 0.15) is 18.5 Å². The first kappa shape index (κ1) is 18.0. The van der Waals surface area contributed by atoms with E-state index in [0.717, 1.165) is 0 Å². The lowest BCUT2D eigenvalue weighted by Crippen LogP contribution is -2.39. The molecule has 1 aliphatic rings. The van der Waals surface area contributed by atoms with Crippen LogP contribution in [0.25, 0.3) is 0 Å². The molecule has 7 heteroatoms. The van der Waals surface area contributed by atoms with Gasteiger partial charge < -0.3 is 24.2 Å². The van der Waals surface area contributed by atoms with E-state index in [9.17, 15) is 14.7 Å². The highest BCUT2D eigenvalue weighted by atomic mass is 16.7. The molecule has 130 valence electrons. The third kappa shape index (κ3) is 3.13. The molecule has 1 heterocycles. The molecule has 1 amide bonds. The van der Waals surface area contributed by atoms with Gasteiger partial charge in [-0.15, -0.1) is 0 Å². The number of amides is 1. The standard InChI is InChI=1S/C17H21NO6/c1-10(19)14-15(11-7-5-6-8-12(11)22-2)18(17(21)16(14)20)9-13(23-3)24-4/h5-8,13,15,20H,9H2,1-4H3. The topological polar surface area (TPSA) is 85.3 Å². The molecular formula is C17H21NO6. The summed E-state index contributed by atoms with van der Waals surface area (Å²) in [4.78, 5) is 25.9. The molecule has 1 aromatic rings. The summed E-state index contributed by atoms with van der Waals surface area (Å²) in [6.07, 6.45) is -0.690. The number of aliphatic hydroxyl groups is 1. The molecule has 0 bridgehead atoms. The number of nitrogens with zero attached hydrogens (tertiary/aromatic N) is 1. The van der Waals surface area contributed by atoms with E-state index in [0.29, 0.717) is 11.3 Å². The highest BCUT2D eigenvalue weighted by Crippen LogP contribution is 2.41. The van der Waals surface area contributed by atoms with Gasteiger partial charge in [0.1, 0.15) is 5.75 Å². The normalized spacial score (nSPS) is 17.8. The average molecular weight is 335 g/mol. The lowest BCUT2D eigenvalue weighted by Gasteiger charge is -2.29. The average Bonchev–Trinajstić information content (AvgIpc) is 2.83. The first-order chi connectivity index (χ1) is 11.5. The van der Waals surface area contributed by atoms with Crippen LogP contribution in [0, 0.1) is 0 Å². The second-order valence-corrected chi connectivity index (χ2v) is 5.32. The Labute approximate surface area is 140 Å². The molecule has 1 aliphatic heterocycles. The van der Waals surface area contributed by atoms with Gasteiger partial charge in [-0.1, -0.05) is 18.2 Å². The summed E-state index contributed by atoms with van der Waals surface area (Å²) < 4.78 is 15.6. The molecule has 24 heavy (non-hydrogen) atoms. The van der Waals surface area contributed by atoms with Crippen LogP contribution >= 0.6 is 0 Å². The van der Waals surface area contributed by atoms with Crippen LogP contribution in [0.3, 0.4) is 0 Å². The Morgan fingerprint density at radius 1 is 1.25 bits per heavy atom. The van der Waals surface area contributed by atoms with Crippen molar-refractivity contribution in [3.63, 3.8) is 0 Å². The third-order valence-electron chi connectivity index (χ3n) is 3.99. The molecule has 2 rings (SSSR count). The van der Waals surface area contributed by atoms with Crippen molar-refractivity contribution in [1.29, 1.82) is 0 Å². The first-order valence-electron chi connectivity index (χ1n) is 7.39. The Balaban J connectivity index is 2.54. The Morgan fingerprint density at radius 2 is 1.88 bits per heavy atom. The number of methoxy groups -OCH3 is 3. The summed E-state index contributed by atoms with van der Waals surface area (Å²) in [5, 5.41) is 10.2. The van der Waals surface area contributed by atoms with Crippen LogP contribution in [0.2, 0.25) is 0 Å². The van der Waals surface area contributed by atoms with Gasteiger partial charge in [0.25, 0.3) is 5.91 Å². The van der Waals surface area contributed by atoms with E-state index in [1.54, 1.807) is 24.3 Å². The Morgan fingerprint density at radius 3 is 2.42 bits per heavy atom. The number of ether oxygens (including phenoxy) is 3. The van der Waals surface area contributed by atoms with E-state index in [1.807, 2.05) is 0 Å². The minimum atomic E-state index is -0.765. The van der Waals surface area contributed by atoms with Crippen molar-refractivity contribution < 1.29 is 28.9 Å². The second-order valence-electron chi connectivity index (χ2n) is 5.32. The number of ketones is 1. The molecule has 1 aromatic carbocycles. The number of para-hydroxylation sites is 1. The van der Waals surface area contributed by atoms with E-state index >= 15 is 0 Å². The third-order valence-corrected chi connectivity index (χ3v) is 3.99. The van der Waals surface area contributed by atoms with Gasteiger partial charge in [-0.3, -0.25) is 9.59 Å². The summed E-state index contributed by atoms with van der Waals surface area (Å²) >= 11 is 0. The number of carbonyl (C=O) groups excluding carboxylic acids is 2. The van der Waals surface area contributed by atoms with E-state index in [4.69, 9.17) is 14.2 Å². The van der Waals surface area contributed by atoms with Crippen molar-refractivity contribution in [2.75, 3.05) is 27.9 Å². The van der Waals surface area contributed by atoms with Gasteiger partial charge in [0.05, 0.1) is 25.3 Å². The first-order valence-corrected chi connectivity index (χ1v) is 7.39. The van der Waals surface area contributed by atoms with Gasteiger partial charge in [-0.25, -0.2) is 0 Å². The zero-order chi connectivity index (χ0) is 17.9. The Bertz CT molecular complexity index is 665. The van der Waals surface area contributed by atoms with Crippen molar-refractivity contribution in [2.45, 2.75) is 19.3 Å². The number of rotatable bonds is 7. The predicted octanol–water partition coefficient (Wildman–Crippen LogP) is 1.60. The fraction of sp³-hybridized carbons (Fsp3) is 0.412. The minimum absolute atomic E-state index is 0.0375. The minimum Gasteiger partial charge on any atom is -0.503 e. The molecule has 1 N–H and O–H groups in total. The maximum absolute atomic E-state index is 12.5. The number of carbonyl (C=O) groups is 2. The van der Waals surface area contributed by atoms with Crippen LogP contribution in [-0.4, -0.2) is 55.9 Å². The quantitative estimate of drug-likeness (QED) is 0.762. The fourth-order valence-corrected chi connectivity index (χ4v) is 2.82. The number of benzene rings is 1. The van der Waals surface area contributed by atoms with Crippen LogP contribution in [0.5, 0.6) is 5.75 Å². The van der Waals surface area contributed by atoms with Crippen LogP contribution in [0.15, 0.2) is 35.6 Å². The van der Waals surface area contributed by atoms with Crippen LogP contribution < -0.4 is 4.74 Å². The van der Waals surface area contributed by atoms with Gasteiger partial charge in [0, 0.05) is 19.8 Å². The molecule has 1 atom stereocenters. The second kappa shape index (κ2) is 7.46. The molecule has 0 aliphatic carbocycles. The van der Waals surface area contributed by atoms with Gasteiger partial charge >= 0.3 is 0 Å². The SMILES string of the molecule is COc1ccccc1C1C(C(C)=O)=C(O)C(=O)N1CC(OC)OC. The summed E-state index contributed by atoms with van der Waals surface area (Å²) in [5.41, 5.74) is 0.643. The zero-order valence-electron chi connectivity index (χ0n) is 14.1. The largest absolute Gasteiger partial charge is 0.503 e. The number of hydrogen-bond acceptors (Lipinski definition) is 6. The lowest BCUT2D eigenvalue weighted by molar-refractivity contribution is -0.144. The number of aliphatic hydroxyl groups excluding tert-OH is 1. The van der Waals surface area contributed by atoms with Gasteiger partial charge in [0.15, 0.2) is 17.8 Å². The summed E-state index contributed by atoms with van der Waals surface area (Å²) in [5.74, 6) is -1.06. The van der Waals surface area contributed by atoms with Crippen molar-refractivity contribution in [3.8, 4) is 5.75 Å². The zero-order valence-corrected chi connectivity index (χ0v) is 14.1. The van der Waals surface area contributed by atoms with Crippen LogP contribution in [0.4, 0.5) is 0 Å². The van der Waals surface area contributed by atoms with Crippen molar-refractivity contribution in [3.05, 3.63) is 41.2 Å². The molecule has 0 aromatic heterocycles. The van der Waals surface area contributed by atoms with E-state index in [1.165, 1.54) is 33.2 Å². The smallest absolute Gasteiger partial charge is 0.290 e. The molecule has 0 fully saturated rings. The summed E-state index contributed by atoms with van der Waals surface area (Å²) in [6.45, 7) is 1.37. The highest BCUT2D eigenvalue weighted by Gasteiger charge is 2.44. The summed E-state index contributed by atoms with van der Waals surface area (Å²) in [6, 6.07) is 6.28. The monoisotopic (exact) mass is 335 g/mol. The number of hydrogen-bond donors (Lipinski definition) is 1. The van der Waals surface area contributed by atoms with Crippen molar-refractivity contribution in [1.82, 2.24) is 4.90 Å². The van der Waals surface area contributed by atoms with Gasteiger partial charge in [0.2, 0.25) is 0 Å². The molecule has 0 saturated heterocycles. The fourth-order valence-electron chi connectivity index (χ4n) is 2.82. The maximum atomic E-state index is 12.5. The molecule has 0 spiro atoms. The van der Waals surface area contributed by atoms with Gasteiger partial charge in [-0.2, -0.15) is 0 Å². The summed E-state index contributed by atoms with van der Waals surface area (Å²) in [7, 11) is 4.40. The molecule has 1 unspecified atom stereocenters. The predicted molar refractivity (Wildman–Crippen MR) is 85.6 cm³/mol. The van der Waals surface area contributed by atoms with E-state index in [-0.39, 0.29) is 17.9 Å². The van der Waals surface area contributed by atoms with Crippen molar-refractivity contribution in [2.24, 2.45) is 0 Å². The molecule has 7 nitrogen and oxygen atoms in total. The highest BCUT2D eigenvalue weighted by molar-refractivity contribution is 6.08. The van der Waals surface area contributed by atoms with Crippen LogP contribution in [-0.2, 0) is 19.1 Å². The molecule has 0 saturated carbocycles. The Kier molecular flexibility index (Phi) is 5.58. The maximum Gasteiger partial charge on any atom is 0.290 e. The number of Topliss-reactive ketones (excluding diaryl/α,β-unsaturated/α-hetero) is 1. The van der Waals surface area contributed by atoms with Gasteiger partial charge in [-0.05, 0) is 13.0 Å². The van der Waals surface area contributed by atoms with E-state index < -0.39 is 24.0 Å². The van der Waals surface area contributed by atoms with E-state index in [2.05, 4.69) is 0 Å². The lowest BCUT2D eigenvalue weighted by atomic mass is 9.96. The molecule has 0 radical (unpaired) electrons. The Hall–Kier alpha value is -2.38. The molecular weight excluding hydrogens is 314 g/mol. The van der Waals surface area contributed by atoms with Crippen molar-refractivity contribution >= 4 is 11.7 Å².